The summed E-state index contributed by atoms with van der Waals surface area (Å²) in [6, 6.07) is 0.270. The smallest absolute Gasteiger partial charge is 0.313 e. The lowest BCUT2D eigenvalue weighted by Crippen LogP contribution is -2.21. The maximum atomic E-state index is 10.7. The predicted octanol–water partition coefficient (Wildman–Crippen LogP) is 1.79. The van der Waals surface area contributed by atoms with Gasteiger partial charge >= 0.3 is 5.97 Å². The van der Waals surface area contributed by atoms with Crippen LogP contribution in [0.2, 0.25) is 0 Å². The predicted molar refractivity (Wildman–Crippen MR) is 79.1 cm³/mol. The van der Waals surface area contributed by atoms with Crippen molar-refractivity contribution >= 4 is 29.5 Å². The molecular formula is C12H19N3O3S2. The van der Waals surface area contributed by atoms with Crippen molar-refractivity contribution in [2.75, 3.05) is 12.0 Å². The van der Waals surface area contributed by atoms with Crippen LogP contribution in [0, 0.1) is 0 Å². The minimum atomic E-state index is -0.874. The third-order valence-corrected chi connectivity index (χ3v) is 5.61. The maximum Gasteiger partial charge on any atom is 0.313 e. The minimum absolute atomic E-state index is 0.0380. The average molecular weight is 317 g/mol. The zero-order valence-corrected chi connectivity index (χ0v) is 13.0. The van der Waals surface area contributed by atoms with Gasteiger partial charge in [-0.15, -0.1) is 10.2 Å². The average Bonchev–Trinajstić information content (AvgIpc) is 2.88. The second kappa shape index (κ2) is 7.33. The van der Waals surface area contributed by atoms with Crippen molar-refractivity contribution in [3.05, 3.63) is 5.82 Å². The van der Waals surface area contributed by atoms with Gasteiger partial charge < -0.3 is 14.8 Å². The van der Waals surface area contributed by atoms with E-state index in [2.05, 4.69) is 16.5 Å². The molecular weight excluding hydrogens is 298 g/mol. The Morgan fingerprint density at radius 3 is 2.60 bits per heavy atom. The van der Waals surface area contributed by atoms with E-state index in [-0.39, 0.29) is 18.4 Å². The molecule has 0 saturated heterocycles. The van der Waals surface area contributed by atoms with Gasteiger partial charge in [0.05, 0.1) is 5.75 Å². The SMILES string of the molecule is CSC1CCC(n2c(CO)nnc2SCC(=O)O)CC1. The summed E-state index contributed by atoms with van der Waals surface area (Å²) in [6.07, 6.45) is 6.46. The van der Waals surface area contributed by atoms with Crippen molar-refractivity contribution in [1.29, 1.82) is 0 Å². The Balaban J connectivity index is 2.12. The van der Waals surface area contributed by atoms with E-state index in [9.17, 15) is 9.90 Å². The molecule has 0 radical (unpaired) electrons. The molecule has 1 aromatic heterocycles. The summed E-state index contributed by atoms with van der Waals surface area (Å²) in [5, 5.41) is 27.5. The quantitative estimate of drug-likeness (QED) is 0.773. The molecule has 112 valence electrons. The molecule has 2 rings (SSSR count). The Morgan fingerprint density at radius 2 is 2.05 bits per heavy atom. The van der Waals surface area contributed by atoms with Gasteiger partial charge in [-0.2, -0.15) is 11.8 Å². The molecule has 0 spiro atoms. The molecule has 1 aliphatic carbocycles. The van der Waals surface area contributed by atoms with Gasteiger partial charge in [0.1, 0.15) is 6.61 Å². The van der Waals surface area contributed by atoms with Crippen LogP contribution in [0.15, 0.2) is 5.16 Å². The van der Waals surface area contributed by atoms with E-state index in [1.165, 1.54) is 11.8 Å². The summed E-state index contributed by atoms with van der Waals surface area (Å²) >= 11 is 3.07. The van der Waals surface area contributed by atoms with E-state index < -0.39 is 5.97 Å². The molecule has 8 heteroatoms. The zero-order chi connectivity index (χ0) is 14.5. The molecule has 1 aliphatic rings. The van der Waals surface area contributed by atoms with Crippen LogP contribution >= 0.6 is 23.5 Å². The fraction of sp³-hybridized carbons (Fsp3) is 0.750. The fourth-order valence-corrected chi connectivity index (χ4v) is 4.03. The summed E-state index contributed by atoms with van der Waals surface area (Å²) in [7, 11) is 0. The standard InChI is InChI=1S/C12H19N3O3S2/c1-19-9-4-2-8(3-5-9)15-10(6-16)13-14-12(15)20-7-11(17)18/h8-9,16H,2-7H2,1H3,(H,17,18). The van der Waals surface area contributed by atoms with E-state index in [4.69, 9.17) is 5.11 Å². The van der Waals surface area contributed by atoms with Crippen LogP contribution in [0.5, 0.6) is 0 Å². The highest BCUT2D eigenvalue weighted by Gasteiger charge is 2.26. The summed E-state index contributed by atoms with van der Waals surface area (Å²) < 4.78 is 1.93. The van der Waals surface area contributed by atoms with Crippen molar-refractivity contribution in [1.82, 2.24) is 14.8 Å². The number of hydrogen-bond donors (Lipinski definition) is 2. The zero-order valence-electron chi connectivity index (χ0n) is 11.4. The largest absolute Gasteiger partial charge is 0.481 e. The first kappa shape index (κ1) is 15.7. The third kappa shape index (κ3) is 3.67. The van der Waals surface area contributed by atoms with Gasteiger partial charge in [0.2, 0.25) is 0 Å². The molecule has 0 aromatic carbocycles. The van der Waals surface area contributed by atoms with Crippen molar-refractivity contribution in [2.45, 2.75) is 48.7 Å². The molecule has 0 aliphatic heterocycles. The summed E-state index contributed by atoms with van der Waals surface area (Å²) in [5.74, 6) is -0.379. The normalized spacial score (nSPS) is 22.9. The molecule has 0 atom stereocenters. The molecule has 2 N–H and O–H groups in total. The third-order valence-electron chi connectivity index (χ3n) is 3.54. The van der Waals surface area contributed by atoms with Gasteiger partial charge in [-0.1, -0.05) is 11.8 Å². The van der Waals surface area contributed by atoms with E-state index in [0.717, 1.165) is 25.7 Å². The first-order valence-electron chi connectivity index (χ1n) is 6.57. The van der Waals surface area contributed by atoms with Gasteiger partial charge in [0, 0.05) is 11.3 Å². The first-order chi connectivity index (χ1) is 9.65. The van der Waals surface area contributed by atoms with Crippen LogP contribution in [0.4, 0.5) is 0 Å². The number of rotatable bonds is 6. The lowest BCUT2D eigenvalue weighted by Gasteiger charge is -2.29. The van der Waals surface area contributed by atoms with Crippen LogP contribution in [0.25, 0.3) is 0 Å². The fourth-order valence-electron chi connectivity index (χ4n) is 2.55. The number of aliphatic carboxylic acids is 1. The molecule has 6 nitrogen and oxygen atoms in total. The lowest BCUT2D eigenvalue weighted by atomic mass is 9.95. The number of carbonyl (C=O) groups is 1. The maximum absolute atomic E-state index is 10.7. The second-order valence-corrected chi connectivity index (χ2v) is 6.86. The summed E-state index contributed by atoms with van der Waals surface area (Å²) in [6.45, 7) is -0.164. The van der Waals surface area contributed by atoms with E-state index in [1.807, 2.05) is 16.3 Å². The Kier molecular flexibility index (Phi) is 5.74. The number of aromatic nitrogens is 3. The number of nitrogens with zero attached hydrogens (tertiary/aromatic N) is 3. The second-order valence-electron chi connectivity index (χ2n) is 4.78. The van der Waals surface area contributed by atoms with E-state index in [1.54, 1.807) is 0 Å². The van der Waals surface area contributed by atoms with Crippen molar-refractivity contribution in [2.24, 2.45) is 0 Å². The highest BCUT2D eigenvalue weighted by Crippen LogP contribution is 2.36. The van der Waals surface area contributed by atoms with Crippen molar-refractivity contribution < 1.29 is 15.0 Å². The number of aliphatic hydroxyl groups excluding tert-OH is 1. The van der Waals surface area contributed by atoms with Gasteiger partial charge in [-0.25, -0.2) is 0 Å². The molecule has 1 heterocycles. The molecule has 0 bridgehead atoms. The van der Waals surface area contributed by atoms with E-state index >= 15 is 0 Å². The Morgan fingerprint density at radius 1 is 1.35 bits per heavy atom. The molecule has 1 saturated carbocycles. The monoisotopic (exact) mass is 317 g/mol. The number of thioether (sulfide) groups is 2. The van der Waals surface area contributed by atoms with E-state index in [0.29, 0.717) is 16.2 Å². The number of aliphatic hydroxyl groups is 1. The number of hydrogen-bond acceptors (Lipinski definition) is 6. The molecule has 1 aromatic rings. The Hall–Kier alpha value is -0.730. The van der Waals surface area contributed by atoms with Gasteiger partial charge in [-0.3, -0.25) is 4.79 Å². The summed E-state index contributed by atoms with van der Waals surface area (Å²) in [4.78, 5) is 10.7. The Labute approximate surface area is 126 Å². The van der Waals surface area contributed by atoms with Crippen LogP contribution in [-0.4, -0.2) is 48.2 Å². The molecule has 0 unspecified atom stereocenters. The van der Waals surface area contributed by atoms with Crippen LogP contribution in [-0.2, 0) is 11.4 Å². The minimum Gasteiger partial charge on any atom is -0.481 e. The molecule has 20 heavy (non-hydrogen) atoms. The number of carboxylic acid groups (broad SMARTS) is 1. The topological polar surface area (TPSA) is 88.2 Å². The van der Waals surface area contributed by atoms with Crippen LogP contribution in [0.3, 0.4) is 0 Å². The van der Waals surface area contributed by atoms with Crippen molar-refractivity contribution in [3.63, 3.8) is 0 Å². The first-order valence-corrected chi connectivity index (χ1v) is 8.85. The Bertz CT molecular complexity index is 459. The van der Waals surface area contributed by atoms with Gasteiger partial charge in [-0.05, 0) is 31.9 Å². The van der Waals surface area contributed by atoms with Crippen LogP contribution < -0.4 is 0 Å². The van der Waals surface area contributed by atoms with Crippen molar-refractivity contribution in [3.8, 4) is 0 Å². The van der Waals surface area contributed by atoms with Gasteiger partial charge in [0.15, 0.2) is 11.0 Å². The highest BCUT2D eigenvalue weighted by molar-refractivity contribution is 7.99. The lowest BCUT2D eigenvalue weighted by molar-refractivity contribution is -0.133. The van der Waals surface area contributed by atoms with Crippen LogP contribution in [0.1, 0.15) is 37.5 Å². The summed E-state index contributed by atoms with van der Waals surface area (Å²) in [5.41, 5.74) is 0. The molecule has 0 amide bonds. The molecule has 1 fully saturated rings. The highest BCUT2D eigenvalue weighted by atomic mass is 32.2. The number of carboxylic acids is 1. The van der Waals surface area contributed by atoms with Gasteiger partial charge in [0.25, 0.3) is 0 Å².